The van der Waals surface area contributed by atoms with Gasteiger partial charge in [-0.2, -0.15) is 4.68 Å². The van der Waals surface area contributed by atoms with Gasteiger partial charge in [-0.05, 0) is 21.9 Å². The molecule has 8 nitrogen and oxygen atoms in total. The van der Waals surface area contributed by atoms with Crippen LogP contribution in [-0.2, 0) is 4.74 Å². The number of thiophene rings is 1. The summed E-state index contributed by atoms with van der Waals surface area (Å²) in [7, 11) is 0. The number of carbonyl (C=O) groups is 1. The van der Waals surface area contributed by atoms with Crippen LogP contribution in [0, 0.1) is 0 Å². The number of ether oxygens (including phenoxy) is 1. The highest BCUT2D eigenvalue weighted by molar-refractivity contribution is 7.12. The molecular weight excluding hydrogens is 294 g/mol. The van der Waals surface area contributed by atoms with Gasteiger partial charge in [0.05, 0.1) is 11.3 Å². The van der Waals surface area contributed by atoms with Gasteiger partial charge in [0.15, 0.2) is 0 Å². The highest BCUT2D eigenvalue weighted by atomic mass is 32.1. The van der Waals surface area contributed by atoms with Crippen LogP contribution in [0.5, 0.6) is 0 Å². The number of rotatable bonds is 4. The summed E-state index contributed by atoms with van der Waals surface area (Å²) < 4.78 is 6.65. The van der Waals surface area contributed by atoms with Crippen molar-refractivity contribution < 1.29 is 14.6 Å². The summed E-state index contributed by atoms with van der Waals surface area (Å²) >= 11 is 1.31. The summed E-state index contributed by atoms with van der Waals surface area (Å²) in [6.07, 6.45) is 2.49. The van der Waals surface area contributed by atoms with Gasteiger partial charge in [-0.3, -0.25) is 4.79 Å². The first kappa shape index (κ1) is 14.1. The third kappa shape index (κ3) is 3.09. The van der Waals surface area contributed by atoms with Crippen molar-refractivity contribution in [3.63, 3.8) is 0 Å². The molecule has 1 aliphatic heterocycles. The number of amides is 1. The first-order valence-corrected chi connectivity index (χ1v) is 7.45. The molecule has 1 aliphatic rings. The molecule has 3 rings (SSSR count). The third-order valence-corrected chi connectivity index (χ3v) is 4.35. The zero-order valence-electron chi connectivity index (χ0n) is 11.2. The van der Waals surface area contributed by atoms with Crippen LogP contribution in [-0.4, -0.2) is 56.6 Å². The van der Waals surface area contributed by atoms with Crippen molar-refractivity contribution in [2.45, 2.75) is 18.4 Å². The zero-order chi connectivity index (χ0) is 14.7. The van der Waals surface area contributed by atoms with Gasteiger partial charge >= 0.3 is 0 Å². The topological polar surface area (TPSA) is 102 Å². The first-order chi connectivity index (χ1) is 10.2. The number of aliphatic hydroxyl groups is 1. The number of nitrogens with one attached hydrogen (secondary N) is 1. The lowest BCUT2D eigenvalue weighted by atomic mass is 9.94. The molecule has 2 aromatic rings. The molecule has 0 saturated carbocycles. The monoisotopic (exact) mass is 309 g/mol. The minimum absolute atomic E-state index is 0.210. The van der Waals surface area contributed by atoms with Crippen LogP contribution in [0.2, 0.25) is 0 Å². The molecule has 2 N–H and O–H groups in total. The van der Waals surface area contributed by atoms with Crippen LogP contribution in [0.4, 0.5) is 0 Å². The molecule has 9 heteroatoms. The van der Waals surface area contributed by atoms with Crippen LogP contribution in [0.15, 0.2) is 17.8 Å². The second-order valence-electron chi connectivity index (χ2n) is 4.91. The molecule has 0 aromatic carbocycles. The summed E-state index contributed by atoms with van der Waals surface area (Å²) in [5.74, 6) is -0.240. The number of carbonyl (C=O) groups excluding carboxylic acids is 1. The van der Waals surface area contributed by atoms with Gasteiger partial charge in [0.1, 0.15) is 11.2 Å². The molecule has 112 valence electrons. The second-order valence-corrected chi connectivity index (χ2v) is 5.82. The highest BCUT2D eigenvalue weighted by Crippen LogP contribution is 2.22. The zero-order valence-corrected chi connectivity index (χ0v) is 12.0. The van der Waals surface area contributed by atoms with Crippen LogP contribution in [0.25, 0.3) is 5.69 Å². The Kier molecular flexibility index (Phi) is 3.95. The molecule has 0 radical (unpaired) electrons. The molecule has 0 atom stereocenters. The van der Waals surface area contributed by atoms with Crippen LogP contribution >= 0.6 is 11.3 Å². The molecule has 0 spiro atoms. The molecule has 1 amide bonds. The lowest BCUT2D eigenvalue weighted by molar-refractivity contribution is -0.0605. The summed E-state index contributed by atoms with van der Waals surface area (Å²) in [6, 6.07) is 1.78. The van der Waals surface area contributed by atoms with Crippen molar-refractivity contribution >= 4 is 17.2 Å². The largest absolute Gasteiger partial charge is 0.388 e. The van der Waals surface area contributed by atoms with Crippen LogP contribution < -0.4 is 5.32 Å². The number of nitrogens with zero attached hydrogens (tertiary/aromatic N) is 4. The molecule has 0 bridgehead atoms. The number of hydrogen-bond acceptors (Lipinski definition) is 7. The number of tetrazole rings is 1. The summed E-state index contributed by atoms with van der Waals surface area (Å²) in [5, 5.41) is 25.8. The van der Waals surface area contributed by atoms with E-state index < -0.39 is 5.60 Å². The average molecular weight is 309 g/mol. The second kappa shape index (κ2) is 5.88. The predicted octanol–water partition coefficient (Wildman–Crippen LogP) is -0.00490. The van der Waals surface area contributed by atoms with E-state index in [4.69, 9.17) is 4.74 Å². The lowest BCUT2D eigenvalue weighted by Crippen LogP contribution is -2.46. The average Bonchev–Trinajstić information content (AvgIpc) is 3.16. The van der Waals surface area contributed by atoms with Crippen molar-refractivity contribution in [1.29, 1.82) is 0 Å². The van der Waals surface area contributed by atoms with E-state index in [2.05, 4.69) is 20.8 Å². The minimum Gasteiger partial charge on any atom is -0.388 e. The molecular formula is C12H15N5O3S. The maximum Gasteiger partial charge on any atom is 0.263 e. The van der Waals surface area contributed by atoms with Gasteiger partial charge < -0.3 is 15.2 Å². The molecule has 0 aliphatic carbocycles. The first-order valence-electron chi connectivity index (χ1n) is 6.57. The van der Waals surface area contributed by atoms with Crippen molar-refractivity contribution in [1.82, 2.24) is 25.5 Å². The highest BCUT2D eigenvalue weighted by Gasteiger charge is 2.30. The number of hydrogen-bond donors (Lipinski definition) is 2. The fourth-order valence-electron chi connectivity index (χ4n) is 2.18. The maximum atomic E-state index is 12.3. The Hall–Kier alpha value is -1.84. The van der Waals surface area contributed by atoms with E-state index in [9.17, 15) is 9.90 Å². The van der Waals surface area contributed by atoms with E-state index in [0.717, 1.165) is 0 Å². The molecule has 1 saturated heterocycles. The summed E-state index contributed by atoms with van der Waals surface area (Å²) in [4.78, 5) is 12.8. The molecule has 3 heterocycles. The number of aromatic nitrogens is 4. The van der Waals surface area contributed by atoms with Crippen LogP contribution in [0.1, 0.15) is 22.5 Å². The van der Waals surface area contributed by atoms with E-state index in [0.29, 0.717) is 36.6 Å². The van der Waals surface area contributed by atoms with Gasteiger partial charge in [-0.15, -0.1) is 16.4 Å². The Morgan fingerprint density at radius 1 is 1.52 bits per heavy atom. The Bertz CT molecular complexity index is 606. The molecule has 21 heavy (non-hydrogen) atoms. The Labute approximate surface area is 124 Å². The van der Waals surface area contributed by atoms with Gasteiger partial charge in [-0.1, -0.05) is 0 Å². The quantitative estimate of drug-likeness (QED) is 0.824. The van der Waals surface area contributed by atoms with Crippen molar-refractivity contribution in [2.75, 3.05) is 19.8 Å². The van der Waals surface area contributed by atoms with Gasteiger partial charge in [0.25, 0.3) is 5.91 Å². The van der Waals surface area contributed by atoms with Gasteiger partial charge in [0, 0.05) is 32.6 Å². The van der Waals surface area contributed by atoms with Crippen molar-refractivity contribution in [2.24, 2.45) is 0 Å². The van der Waals surface area contributed by atoms with E-state index in [1.165, 1.54) is 22.3 Å². The van der Waals surface area contributed by atoms with E-state index in [-0.39, 0.29) is 12.5 Å². The minimum atomic E-state index is -0.889. The fourth-order valence-corrected chi connectivity index (χ4v) is 2.97. The molecule has 0 unspecified atom stereocenters. The smallest absolute Gasteiger partial charge is 0.263 e. The van der Waals surface area contributed by atoms with Gasteiger partial charge in [-0.25, -0.2) is 0 Å². The Balaban J connectivity index is 1.68. The Morgan fingerprint density at radius 3 is 3.05 bits per heavy atom. The third-order valence-electron chi connectivity index (χ3n) is 3.45. The van der Waals surface area contributed by atoms with Gasteiger partial charge in [0.2, 0.25) is 0 Å². The predicted molar refractivity (Wildman–Crippen MR) is 74.4 cm³/mol. The standard InChI is InChI=1S/C12H15N5O3S/c18-11(13-7-12(19)2-4-20-5-3-12)10-9(1-6-21-10)17-8-14-15-16-17/h1,6,8,19H,2-5,7H2,(H,13,18). The SMILES string of the molecule is O=C(NCC1(O)CCOCC1)c1sccc1-n1cnnn1. The van der Waals surface area contributed by atoms with Crippen molar-refractivity contribution in [3.05, 3.63) is 22.7 Å². The normalized spacial score (nSPS) is 17.6. The fraction of sp³-hybridized carbons (Fsp3) is 0.500. The Morgan fingerprint density at radius 2 is 2.33 bits per heavy atom. The maximum absolute atomic E-state index is 12.3. The van der Waals surface area contributed by atoms with Crippen molar-refractivity contribution in [3.8, 4) is 5.69 Å². The molecule has 2 aromatic heterocycles. The molecule has 1 fully saturated rings. The lowest BCUT2D eigenvalue weighted by Gasteiger charge is -2.32. The van der Waals surface area contributed by atoms with E-state index in [1.54, 1.807) is 11.4 Å². The van der Waals surface area contributed by atoms with Crippen LogP contribution in [0.3, 0.4) is 0 Å². The van der Waals surface area contributed by atoms with E-state index in [1.807, 2.05) is 0 Å². The van der Waals surface area contributed by atoms with E-state index >= 15 is 0 Å². The summed E-state index contributed by atoms with van der Waals surface area (Å²) in [6.45, 7) is 1.24. The summed E-state index contributed by atoms with van der Waals surface area (Å²) in [5.41, 5.74) is -0.262.